The number of rotatable bonds is 3. The minimum atomic E-state index is -3.62. The van der Waals surface area contributed by atoms with Gasteiger partial charge in [0.05, 0.1) is 5.69 Å². The number of nitrogens with one attached hydrogen (secondary N) is 1. The van der Waals surface area contributed by atoms with E-state index in [1.165, 1.54) is 0 Å². The molecule has 1 N–H and O–H groups in total. The van der Waals surface area contributed by atoms with Crippen LogP contribution in [0.5, 0.6) is 11.5 Å². The first-order valence-corrected chi connectivity index (χ1v) is 9.20. The fourth-order valence-electron chi connectivity index (χ4n) is 1.96. The molecule has 0 unspecified atom stereocenters. The average Bonchev–Trinajstić information content (AvgIpc) is 2.90. The zero-order chi connectivity index (χ0) is 15.3. The van der Waals surface area contributed by atoms with Crippen molar-refractivity contribution in [3.8, 4) is 11.5 Å². The van der Waals surface area contributed by atoms with Crippen LogP contribution in [0.1, 0.15) is 13.8 Å². The molecule has 1 aromatic heterocycles. The summed E-state index contributed by atoms with van der Waals surface area (Å²) < 4.78 is 39.1. The molecular formula is C13H12BrNO4S2. The Morgan fingerprint density at radius 2 is 1.90 bits per heavy atom. The van der Waals surface area contributed by atoms with Crippen LogP contribution in [0.15, 0.2) is 38.3 Å². The molecule has 0 bridgehead atoms. The Morgan fingerprint density at radius 3 is 2.57 bits per heavy atom. The highest BCUT2D eigenvalue weighted by Gasteiger charge is 2.32. The Morgan fingerprint density at radius 1 is 1.19 bits per heavy atom. The summed E-state index contributed by atoms with van der Waals surface area (Å²) in [6.45, 7) is 3.58. The fraction of sp³-hybridized carbons (Fsp3) is 0.231. The van der Waals surface area contributed by atoms with E-state index in [0.29, 0.717) is 21.7 Å². The van der Waals surface area contributed by atoms with Crippen molar-refractivity contribution in [2.45, 2.75) is 23.8 Å². The second kappa shape index (κ2) is 4.89. The lowest BCUT2D eigenvalue weighted by molar-refractivity contribution is -0.0431. The van der Waals surface area contributed by atoms with Crippen LogP contribution in [-0.2, 0) is 10.0 Å². The van der Waals surface area contributed by atoms with Gasteiger partial charge in [-0.3, -0.25) is 4.72 Å². The molecule has 0 aliphatic carbocycles. The van der Waals surface area contributed by atoms with Crippen LogP contribution in [0.2, 0.25) is 0 Å². The number of halogens is 1. The third-order valence-electron chi connectivity index (χ3n) is 2.74. The van der Waals surface area contributed by atoms with Crippen molar-refractivity contribution in [1.29, 1.82) is 0 Å². The smallest absolute Gasteiger partial charge is 0.272 e. The summed E-state index contributed by atoms with van der Waals surface area (Å²) in [6.07, 6.45) is 0. The molecule has 0 saturated carbocycles. The van der Waals surface area contributed by atoms with E-state index in [1.807, 2.05) is 0 Å². The van der Waals surface area contributed by atoms with Crippen LogP contribution < -0.4 is 14.2 Å². The van der Waals surface area contributed by atoms with Crippen molar-refractivity contribution in [3.63, 3.8) is 0 Å². The van der Waals surface area contributed by atoms with Crippen molar-refractivity contribution in [3.05, 3.63) is 34.1 Å². The zero-order valence-corrected chi connectivity index (χ0v) is 14.4. The van der Waals surface area contributed by atoms with Crippen molar-refractivity contribution in [2.24, 2.45) is 0 Å². The van der Waals surface area contributed by atoms with Gasteiger partial charge in [0, 0.05) is 24.4 Å². The quantitative estimate of drug-likeness (QED) is 0.866. The van der Waals surface area contributed by atoms with Crippen LogP contribution in [0, 0.1) is 0 Å². The highest BCUT2D eigenvalue weighted by atomic mass is 79.9. The maximum absolute atomic E-state index is 12.3. The molecule has 1 aliphatic heterocycles. The Hall–Kier alpha value is -1.25. The van der Waals surface area contributed by atoms with Crippen molar-refractivity contribution in [1.82, 2.24) is 0 Å². The Balaban J connectivity index is 1.89. The van der Waals surface area contributed by atoms with E-state index >= 15 is 0 Å². The van der Waals surface area contributed by atoms with Gasteiger partial charge in [-0.2, -0.15) is 0 Å². The largest absolute Gasteiger partial charge is 0.449 e. The number of fused-ring (bicyclic) bond motifs is 1. The molecule has 0 saturated heterocycles. The molecule has 2 aromatic rings. The molecule has 1 aromatic carbocycles. The molecule has 0 fully saturated rings. The average molecular weight is 390 g/mol. The lowest BCUT2D eigenvalue weighted by atomic mass is 10.3. The molecule has 2 heterocycles. The number of benzene rings is 1. The van der Waals surface area contributed by atoms with E-state index < -0.39 is 15.8 Å². The van der Waals surface area contributed by atoms with Crippen LogP contribution >= 0.6 is 27.3 Å². The molecule has 0 amide bonds. The fourth-order valence-corrected chi connectivity index (χ4v) is 5.35. The predicted molar refractivity (Wildman–Crippen MR) is 84.6 cm³/mol. The molecule has 112 valence electrons. The highest BCUT2D eigenvalue weighted by Crippen LogP contribution is 2.41. The van der Waals surface area contributed by atoms with E-state index in [-0.39, 0.29) is 4.21 Å². The topological polar surface area (TPSA) is 64.6 Å². The summed E-state index contributed by atoms with van der Waals surface area (Å²) in [5.74, 6) is 0.377. The molecule has 5 nitrogen and oxygen atoms in total. The van der Waals surface area contributed by atoms with Gasteiger partial charge in [-0.1, -0.05) is 0 Å². The van der Waals surface area contributed by atoms with Gasteiger partial charge in [0.1, 0.15) is 0 Å². The van der Waals surface area contributed by atoms with Gasteiger partial charge in [-0.15, -0.1) is 11.3 Å². The number of hydrogen-bond acceptors (Lipinski definition) is 5. The summed E-state index contributed by atoms with van der Waals surface area (Å²) in [5, 5.41) is 1.71. The first kappa shape index (κ1) is 14.7. The predicted octanol–water partition coefficient (Wildman–Crippen LogP) is 3.82. The number of thiophene rings is 1. The van der Waals surface area contributed by atoms with Gasteiger partial charge in [-0.05, 0) is 39.5 Å². The standard InChI is InChI=1S/C13H12BrNO4S2/c1-13(2)18-10-4-3-8(7-11(10)19-13)15-21(16,17)12-9(14)5-6-20-12/h3-7,15H,1-2H3. The van der Waals surface area contributed by atoms with Gasteiger partial charge < -0.3 is 9.47 Å². The lowest BCUT2D eigenvalue weighted by Crippen LogP contribution is -2.29. The highest BCUT2D eigenvalue weighted by molar-refractivity contribution is 9.10. The summed E-state index contributed by atoms with van der Waals surface area (Å²) in [6, 6.07) is 6.64. The second-order valence-corrected chi connectivity index (χ2v) is 8.58. The van der Waals surface area contributed by atoms with Crippen LogP contribution in [0.25, 0.3) is 0 Å². The van der Waals surface area contributed by atoms with E-state index in [2.05, 4.69) is 20.7 Å². The Kier molecular flexibility index (Phi) is 3.42. The molecule has 0 atom stereocenters. The molecule has 8 heteroatoms. The maximum Gasteiger partial charge on any atom is 0.272 e. The third kappa shape index (κ3) is 2.88. The Labute approximate surface area is 135 Å². The van der Waals surface area contributed by atoms with Crippen LogP contribution in [0.3, 0.4) is 0 Å². The molecule has 0 spiro atoms. The first-order valence-electron chi connectivity index (χ1n) is 6.05. The maximum atomic E-state index is 12.3. The summed E-state index contributed by atoms with van der Waals surface area (Å²) in [4.78, 5) is 0. The SMILES string of the molecule is CC1(C)Oc2ccc(NS(=O)(=O)c3sccc3Br)cc2O1. The van der Waals surface area contributed by atoms with Crippen molar-refractivity contribution < 1.29 is 17.9 Å². The third-order valence-corrected chi connectivity index (χ3v) is 6.79. The van der Waals surface area contributed by atoms with Crippen molar-refractivity contribution in [2.75, 3.05) is 4.72 Å². The van der Waals surface area contributed by atoms with E-state index in [9.17, 15) is 8.42 Å². The molecule has 1 aliphatic rings. The Bertz CT molecular complexity index is 798. The molecular weight excluding hydrogens is 378 g/mol. The molecule has 21 heavy (non-hydrogen) atoms. The van der Waals surface area contributed by atoms with E-state index in [1.54, 1.807) is 43.5 Å². The summed E-state index contributed by atoms with van der Waals surface area (Å²) in [7, 11) is -3.62. The first-order chi connectivity index (χ1) is 9.77. The van der Waals surface area contributed by atoms with Crippen molar-refractivity contribution >= 4 is 43.0 Å². The summed E-state index contributed by atoms with van der Waals surface area (Å²) >= 11 is 4.37. The lowest BCUT2D eigenvalue weighted by Gasteiger charge is -2.16. The zero-order valence-electron chi connectivity index (χ0n) is 11.2. The molecule has 3 rings (SSSR count). The van der Waals surface area contributed by atoms with Gasteiger partial charge in [-0.25, -0.2) is 8.42 Å². The minimum Gasteiger partial charge on any atom is -0.449 e. The normalized spacial score (nSPS) is 16.0. The molecule has 0 radical (unpaired) electrons. The van der Waals surface area contributed by atoms with Gasteiger partial charge in [0.15, 0.2) is 15.7 Å². The van der Waals surface area contributed by atoms with Crippen LogP contribution in [-0.4, -0.2) is 14.2 Å². The number of ether oxygens (including phenoxy) is 2. The van der Waals surface area contributed by atoms with Gasteiger partial charge in [0.25, 0.3) is 10.0 Å². The monoisotopic (exact) mass is 389 g/mol. The number of anilines is 1. The van der Waals surface area contributed by atoms with Gasteiger partial charge >= 0.3 is 0 Å². The van der Waals surface area contributed by atoms with Crippen LogP contribution in [0.4, 0.5) is 5.69 Å². The summed E-state index contributed by atoms with van der Waals surface area (Å²) in [5.41, 5.74) is 0.426. The van der Waals surface area contributed by atoms with E-state index in [0.717, 1.165) is 11.3 Å². The number of hydrogen-bond donors (Lipinski definition) is 1. The second-order valence-electron chi connectivity index (χ2n) is 4.93. The number of sulfonamides is 1. The van der Waals surface area contributed by atoms with Gasteiger partial charge in [0.2, 0.25) is 5.79 Å². The van der Waals surface area contributed by atoms with E-state index in [4.69, 9.17) is 9.47 Å². The minimum absolute atomic E-state index is 0.237.